The van der Waals surface area contributed by atoms with E-state index in [9.17, 15) is 9.59 Å². The maximum atomic E-state index is 12.2. The van der Waals surface area contributed by atoms with Crippen molar-refractivity contribution in [3.8, 4) is 0 Å². The zero-order valence-corrected chi connectivity index (χ0v) is 17.0. The number of rotatable bonds is 7. The second kappa shape index (κ2) is 10.3. The molecule has 2 aromatic carbocycles. The number of para-hydroxylation sites is 1. The minimum absolute atomic E-state index is 0.00295. The third-order valence-electron chi connectivity index (χ3n) is 4.77. The zero-order chi connectivity index (χ0) is 19.8. The van der Waals surface area contributed by atoms with Gasteiger partial charge in [0.25, 0.3) is 0 Å². The summed E-state index contributed by atoms with van der Waals surface area (Å²) >= 11 is 1.56. The van der Waals surface area contributed by atoms with Crippen LogP contribution in [0.1, 0.15) is 18.4 Å². The van der Waals surface area contributed by atoms with Crippen LogP contribution in [-0.4, -0.2) is 48.1 Å². The van der Waals surface area contributed by atoms with E-state index in [-0.39, 0.29) is 17.9 Å². The lowest BCUT2D eigenvalue weighted by molar-refractivity contribution is -0.120. The predicted molar refractivity (Wildman–Crippen MR) is 115 cm³/mol. The van der Waals surface area contributed by atoms with Crippen LogP contribution < -0.4 is 10.6 Å². The average molecular weight is 398 g/mol. The Morgan fingerprint density at radius 1 is 1.00 bits per heavy atom. The van der Waals surface area contributed by atoms with Crippen molar-refractivity contribution in [2.24, 2.45) is 0 Å². The molecule has 1 fully saturated rings. The van der Waals surface area contributed by atoms with Crippen LogP contribution in [0.4, 0.5) is 5.69 Å². The van der Waals surface area contributed by atoms with Gasteiger partial charge in [-0.05, 0) is 44.0 Å². The van der Waals surface area contributed by atoms with Gasteiger partial charge in [0.1, 0.15) is 0 Å². The van der Waals surface area contributed by atoms with Crippen LogP contribution in [0.3, 0.4) is 0 Å². The second-order valence-electron chi connectivity index (χ2n) is 7.13. The summed E-state index contributed by atoms with van der Waals surface area (Å²) in [5.41, 5.74) is 2.04. The van der Waals surface area contributed by atoms with E-state index in [0.717, 1.165) is 36.5 Å². The van der Waals surface area contributed by atoms with Gasteiger partial charge in [0.05, 0.1) is 12.3 Å². The molecule has 0 saturated carbocycles. The molecule has 0 atom stereocenters. The standard InChI is InChI=1S/C22H27N3O2S/c1-17-7-9-20(10-8-17)28-16-22(27)24-19-11-13-25(14-12-19)15-21(26)23-18-5-3-2-4-6-18/h2-10,19H,11-16H2,1H3,(H,23,26)(H,24,27). The summed E-state index contributed by atoms with van der Waals surface area (Å²) in [6, 6.07) is 17.9. The molecule has 1 aliphatic rings. The highest BCUT2D eigenvalue weighted by Crippen LogP contribution is 2.18. The highest BCUT2D eigenvalue weighted by atomic mass is 32.2. The Morgan fingerprint density at radius 2 is 1.68 bits per heavy atom. The number of nitrogens with one attached hydrogen (secondary N) is 2. The molecule has 0 spiro atoms. The van der Waals surface area contributed by atoms with Crippen LogP contribution in [0.25, 0.3) is 0 Å². The number of aryl methyl sites for hydroxylation is 1. The molecule has 2 amide bonds. The van der Waals surface area contributed by atoms with Gasteiger partial charge in [-0.15, -0.1) is 11.8 Å². The maximum Gasteiger partial charge on any atom is 0.238 e. The van der Waals surface area contributed by atoms with Gasteiger partial charge in [0.2, 0.25) is 11.8 Å². The number of likely N-dealkylation sites (tertiary alicyclic amines) is 1. The summed E-state index contributed by atoms with van der Waals surface area (Å²) in [7, 11) is 0. The van der Waals surface area contributed by atoms with Gasteiger partial charge in [-0.3, -0.25) is 14.5 Å². The molecule has 0 aliphatic carbocycles. The lowest BCUT2D eigenvalue weighted by atomic mass is 10.1. The Bertz CT molecular complexity index is 772. The van der Waals surface area contributed by atoms with Gasteiger partial charge >= 0.3 is 0 Å². The van der Waals surface area contributed by atoms with Gasteiger partial charge in [-0.2, -0.15) is 0 Å². The Labute approximate surface area is 170 Å². The van der Waals surface area contributed by atoms with Crippen molar-refractivity contribution >= 4 is 29.3 Å². The first-order valence-corrected chi connectivity index (χ1v) is 10.6. The summed E-state index contributed by atoms with van der Waals surface area (Å²) in [5, 5.41) is 6.04. The Hall–Kier alpha value is -2.31. The number of hydrogen-bond donors (Lipinski definition) is 2. The Morgan fingerprint density at radius 3 is 2.36 bits per heavy atom. The number of piperidine rings is 1. The number of nitrogens with zero attached hydrogens (tertiary/aromatic N) is 1. The number of carbonyl (C=O) groups is 2. The van der Waals surface area contributed by atoms with Crippen molar-refractivity contribution in [1.29, 1.82) is 0 Å². The number of benzene rings is 2. The number of amides is 2. The van der Waals surface area contributed by atoms with Crippen LogP contribution in [0.5, 0.6) is 0 Å². The van der Waals surface area contributed by atoms with Crippen LogP contribution in [0.2, 0.25) is 0 Å². The fourth-order valence-corrected chi connectivity index (χ4v) is 3.92. The largest absolute Gasteiger partial charge is 0.353 e. The van der Waals surface area contributed by atoms with Gasteiger partial charge in [0, 0.05) is 29.7 Å². The molecule has 5 nitrogen and oxygen atoms in total. The van der Waals surface area contributed by atoms with Crippen LogP contribution >= 0.6 is 11.8 Å². The summed E-state index contributed by atoms with van der Waals surface area (Å²) in [6.07, 6.45) is 1.75. The molecule has 0 bridgehead atoms. The van der Waals surface area contributed by atoms with Crippen molar-refractivity contribution in [3.63, 3.8) is 0 Å². The Kier molecular flexibility index (Phi) is 7.51. The zero-order valence-electron chi connectivity index (χ0n) is 16.2. The van der Waals surface area contributed by atoms with Crippen molar-refractivity contribution in [3.05, 3.63) is 60.2 Å². The SMILES string of the molecule is Cc1ccc(SCC(=O)NC2CCN(CC(=O)Nc3ccccc3)CC2)cc1. The summed E-state index contributed by atoms with van der Waals surface area (Å²) < 4.78 is 0. The third kappa shape index (κ3) is 6.69. The van der Waals surface area contributed by atoms with Crippen molar-refractivity contribution in [1.82, 2.24) is 10.2 Å². The Balaban J connectivity index is 1.33. The summed E-state index contributed by atoms with van der Waals surface area (Å²) in [6.45, 7) is 4.08. The van der Waals surface area contributed by atoms with Crippen LogP contribution in [0, 0.1) is 6.92 Å². The van der Waals surface area contributed by atoms with Crippen molar-refractivity contribution < 1.29 is 9.59 Å². The number of thioether (sulfide) groups is 1. The number of anilines is 1. The van der Waals surface area contributed by atoms with Gasteiger partial charge < -0.3 is 10.6 Å². The predicted octanol–water partition coefficient (Wildman–Crippen LogP) is 3.31. The molecule has 1 heterocycles. The first-order chi connectivity index (χ1) is 13.6. The van der Waals surface area contributed by atoms with E-state index in [1.165, 1.54) is 5.56 Å². The molecule has 0 aromatic heterocycles. The van der Waals surface area contributed by atoms with E-state index >= 15 is 0 Å². The molecule has 1 saturated heterocycles. The molecule has 2 N–H and O–H groups in total. The van der Waals surface area contributed by atoms with E-state index in [1.54, 1.807) is 11.8 Å². The summed E-state index contributed by atoms with van der Waals surface area (Å²) in [4.78, 5) is 27.6. The first kappa shape index (κ1) is 20.4. The monoisotopic (exact) mass is 397 g/mol. The van der Waals surface area contributed by atoms with E-state index < -0.39 is 0 Å². The summed E-state index contributed by atoms with van der Waals surface area (Å²) in [5.74, 6) is 0.511. The van der Waals surface area contributed by atoms with Crippen LogP contribution in [-0.2, 0) is 9.59 Å². The molecular weight excluding hydrogens is 370 g/mol. The number of hydrogen-bond acceptors (Lipinski definition) is 4. The quantitative estimate of drug-likeness (QED) is 0.704. The fraction of sp³-hybridized carbons (Fsp3) is 0.364. The van der Waals surface area contributed by atoms with Gasteiger partial charge in [-0.1, -0.05) is 35.9 Å². The molecule has 1 aliphatic heterocycles. The highest BCUT2D eigenvalue weighted by molar-refractivity contribution is 8.00. The lowest BCUT2D eigenvalue weighted by Crippen LogP contribution is -2.47. The fourth-order valence-electron chi connectivity index (χ4n) is 3.21. The van der Waals surface area contributed by atoms with Gasteiger partial charge in [0.15, 0.2) is 0 Å². The van der Waals surface area contributed by atoms with E-state index in [4.69, 9.17) is 0 Å². The van der Waals surface area contributed by atoms with Crippen molar-refractivity contribution in [2.75, 3.05) is 30.7 Å². The highest BCUT2D eigenvalue weighted by Gasteiger charge is 2.22. The van der Waals surface area contributed by atoms with E-state index in [1.807, 2.05) is 42.5 Å². The van der Waals surface area contributed by atoms with E-state index in [0.29, 0.717) is 12.3 Å². The molecular formula is C22H27N3O2S. The minimum Gasteiger partial charge on any atom is -0.353 e. The van der Waals surface area contributed by atoms with Crippen LogP contribution in [0.15, 0.2) is 59.5 Å². The topological polar surface area (TPSA) is 61.4 Å². The molecule has 28 heavy (non-hydrogen) atoms. The third-order valence-corrected chi connectivity index (χ3v) is 5.78. The molecule has 2 aromatic rings. The van der Waals surface area contributed by atoms with E-state index in [2.05, 4.69) is 34.6 Å². The van der Waals surface area contributed by atoms with Gasteiger partial charge in [-0.25, -0.2) is 0 Å². The molecule has 0 radical (unpaired) electrons. The smallest absolute Gasteiger partial charge is 0.238 e. The van der Waals surface area contributed by atoms with Crippen molar-refractivity contribution in [2.45, 2.75) is 30.7 Å². The maximum absolute atomic E-state index is 12.2. The molecule has 148 valence electrons. The second-order valence-corrected chi connectivity index (χ2v) is 8.18. The first-order valence-electron chi connectivity index (χ1n) is 9.64. The molecule has 6 heteroatoms. The molecule has 0 unspecified atom stereocenters. The number of carbonyl (C=O) groups excluding carboxylic acids is 2. The lowest BCUT2D eigenvalue weighted by Gasteiger charge is -2.31. The minimum atomic E-state index is 0.00295. The average Bonchev–Trinajstić information content (AvgIpc) is 2.70. The molecule has 3 rings (SSSR count). The normalized spacial score (nSPS) is 15.2.